The van der Waals surface area contributed by atoms with Gasteiger partial charge in [0.25, 0.3) is 0 Å². The van der Waals surface area contributed by atoms with Gasteiger partial charge in [0.05, 0.1) is 5.69 Å². The minimum Gasteiger partial charge on any atom is -0.351 e. The van der Waals surface area contributed by atoms with Crippen LogP contribution in [0.5, 0.6) is 0 Å². The van der Waals surface area contributed by atoms with Crippen molar-refractivity contribution in [2.24, 2.45) is 5.73 Å². The van der Waals surface area contributed by atoms with E-state index in [1.54, 1.807) is 6.20 Å². The molecule has 0 bridgehead atoms. The molecule has 0 radical (unpaired) electrons. The van der Waals surface area contributed by atoms with Crippen molar-refractivity contribution in [3.63, 3.8) is 0 Å². The van der Waals surface area contributed by atoms with Gasteiger partial charge in [-0.05, 0) is 52.7 Å². The third-order valence-electron chi connectivity index (χ3n) is 3.06. The highest BCUT2D eigenvalue weighted by atomic mass is 79.9. The van der Waals surface area contributed by atoms with Gasteiger partial charge in [-0.1, -0.05) is 12.1 Å². The van der Waals surface area contributed by atoms with Crippen LogP contribution < -0.4 is 16.4 Å². The van der Waals surface area contributed by atoms with Gasteiger partial charge in [0.15, 0.2) is 0 Å². The second-order valence-corrected chi connectivity index (χ2v) is 5.60. The second-order valence-electron chi connectivity index (χ2n) is 4.68. The van der Waals surface area contributed by atoms with Crippen molar-refractivity contribution in [3.8, 4) is 0 Å². The minimum atomic E-state index is -0.560. The van der Waals surface area contributed by atoms with Gasteiger partial charge in [0.2, 0.25) is 0 Å². The summed E-state index contributed by atoms with van der Waals surface area (Å²) in [5, 5.41) is 5.94. The summed E-state index contributed by atoms with van der Waals surface area (Å²) in [6.07, 6.45) is 1.78. The van der Waals surface area contributed by atoms with E-state index in [1.165, 1.54) is 0 Å². The zero-order valence-corrected chi connectivity index (χ0v) is 13.2. The molecule has 1 unspecified atom stereocenters. The normalized spacial score (nSPS) is 11.9. The first-order valence-electron chi connectivity index (χ1n) is 6.55. The quantitative estimate of drug-likeness (QED) is 0.776. The van der Waals surface area contributed by atoms with Crippen LogP contribution in [0.1, 0.15) is 24.2 Å². The van der Waals surface area contributed by atoms with E-state index in [-0.39, 0.29) is 6.04 Å². The van der Waals surface area contributed by atoms with Crippen LogP contribution in [0.25, 0.3) is 0 Å². The average Bonchev–Trinajstić information content (AvgIpc) is 2.46. The number of carbonyl (C=O) groups excluding carboxylic acids is 1. The lowest BCUT2D eigenvalue weighted by molar-refractivity contribution is 0.259. The standard InChI is InChI=1S/C15H17BrN4O/c1-10(18-9-14-7-4-12(16)8-19-14)11-2-5-13(6-3-11)20-15(17)21/h2-8,10,18H,9H2,1H3,(H3,17,20,21). The number of hydrogen-bond donors (Lipinski definition) is 3. The highest BCUT2D eigenvalue weighted by Gasteiger charge is 2.06. The van der Waals surface area contributed by atoms with Crippen LogP contribution in [0.4, 0.5) is 10.5 Å². The van der Waals surface area contributed by atoms with Crippen molar-refractivity contribution in [1.29, 1.82) is 0 Å². The van der Waals surface area contributed by atoms with E-state index < -0.39 is 6.03 Å². The van der Waals surface area contributed by atoms with Crippen molar-refractivity contribution >= 4 is 27.6 Å². The highest BCUT2D eigenvalue weighted by Crippen LogP contribution is 2.16. The van der Waals surface area contributed by atoms with Crippen molar-refractivity contribution in [1.82, 2.24) is 10.3 Å². The largest absolute Gasteiger partial charge is 0.351 e. The summed E-state index contributed by atoms with van der Waals surface area (Å²) in [5.74, 6) is 0. The summed E-state index contributed by atoms with van der Waals surface area (Å²) in [5.41, 5.74) is 7.87. The lowest BCUT2D eigenvalue weighted by Crippen LogP contribution is -2.20. The van der Waals surface area contributed by atoms with Crippen LogP contribution in [0.2, 0.25) is 0 Å². The van der Waals surface area contributed by atoms with Gasteiger partial charge >= 0.3 is 6.03 Å². The van der Waals surface area contributed by atoms with Crippen molar-refractivity contribution in [2.45, 2.75) is 19.5 Å². The Bertz CT molecular complexity index is 598. The lowest BCUT2D eigenvalue weighted by Gasteiger charge is -2.14. The number of primary amides is 1. The number of nitrogens with zero attached hydrogens (tertiary/aromatic N) is 1. The summed E-state index contributed by atoms with van der Waals surface area (Å²) in [4.78, 5) is 15.1. The van der Waals surface area contributed by atoms with E-state index in [9.17, 15) is 4.79 Å². The molecule has 1 heterocycles. The number of nitrogens with one attached hydrogen (secondary N) is 2. The summed E-state index contributed by atoms with van der Waals surface area (Å²) in [6.45, 7) is 2.77. The Labute approximate surface area is 132 Å². The zero-order chi connectivity index (χ0) is 15.2. The maximum absolute atomic E-state index is 10.8. The van der Waals surface area contributed by atoms with Crippen LogP contribution in [-0.4, -0.2) is 11.0 Å². The van der Waals surface area contributed by atoms with E-state index in [2.05, 4.69) is 38.5 Å². The molecule has 1 aromatic carbocycles. The summed E-state index contributed by atoms with van der Waals surface area (Å²) < 4.78 is 0.969. The molecule has 1 atom stereocenters. The van der Waals surface area contributed by atoms with E-state index in [0.717, 1.165) is 15.7 Å². The number of anilines is 1. The van der Waals surface area contributed by atoms with Crippen LogP contribution >= 0.6 is 15.9 Å². The SMILES string of the molecule is CC(NCc1ccc(Br)cn1)c1ccc(NC(N)=O)cc1. The number of urea groups is 1. The third kappa shape index (κ3) is 4.84. The molecular formula is C15H17BrN4O. The predicted molar refractivity (Wildman–Crippen MR) is 86.8 cm³/mol. The Morgan fingerprint density at radius 2 is 2.00 bits per heavy atom. The Morgan fingerprint density at radius 3 is 2.57 bits per heavy atom. The number of nitrogens with two attached hydrogens (primary N) is 1. The van der Waals surface area contributed by atoms with Gasteiger partial charge in [0.1, 0.15) is 0 Å². The fourth-order valence-electron chi connectivity index (χ4n) is 1.88. The molecule has 4 N–H and O–H groups in total. The van der Waals surface area contributed by atoms with Crippen molar-refractivity contribution in [3.05, 3.63) is 58.3 Å². The number of rotatable bonds is 5. The number of carbonyl (C=O) groups is 1. The van der Waals surface area contributed by atoms with Crippen LogP contribution in [0, 0.1) is 0 Å². The van der Waals surface area contributed by atoms with E-state index in [4.69, 9.17) is 5.73 Å². The fourth-order valence-corrected chi connectivity index (χ4v) is 2.12. The lowest BCUT2D eigenvalue weighted by atomic mass is 10.1. The van der Waals surface area contributed by atoms with Crippen molar-refractivity contribution in [2.75, 3.05) is 5.32 Å². The third-order valence-corrected chi connectivity index (χ3v) is 3.53. The molecule has 2 aromatic rings. The Kier molecular flexibility index (Phi) is 5.30. The number of pyridine rings is 1. The molecule has 0 aliphatic heterocycles. The molecule has 0 saturated carbocycles. The fraction of sp³-hybridized carbons (Fsp3) is 0.200. The van der Waals surface area contributed by atoms with Crippen molar-refractivity contribution < 1.29 is 4.79 Å². The smallest absolute Gasteiger partial charge is 0.316 e. The first-order valence-corrected chi connectivity index (χ1v) is 7.34. The molecule has 6 heteroatoms. The molecule has 1 aromatic heterocycles. The molecule has 5 nitrogen and oxygen atoms in total. The Balaban J connectivity index is 1.92. The highest BCUT2D eigenvalue weighted by molar-refractivity contribution is 9.10. The van der Waals surface area contributed by atoms with Gasteiger partial charge in [-0.25, -0.2) is 4.79 Å². The number of hydrogen-bond acceptors (Lipinski definition) is 3. The molecule has 21 heavy (non-hydrogen) atoms. The van der Waals surface area contributed by atoms with Gasteiger partial charge in [-0.2, -0.15) is 0 Å². The number of amides is 2. The van der Waals surface area contributed by atoms with Crippen LogP contribution in [-0.2, 0) is 6.54 Å². The molecular weight excluding hydrogens is 332 g/mol. The summed E-state index contributed by atoms with van der Waals surface area (Å²) in [6, 6.07) is 11.1. The predicted octanol–water partition coefficient (Wildman–Crippen LogP) is 3.19. The molecule has 0 aliphatic rings. The number of aromatic nitrogens is 1. The van der Waals surface area contributed by atoms with Gasteiger partial charge in [0, 0.05) is 28.9 Å². The minimum absolute atomic E-state index is 0.179. The van der Waals surface area contributed by atoms with Gasteiger partial charge in [-0.3, -0.25) is 4.98 Å². The summed E-state index contributed by atoms with van der Waals surface area (Å²) in [7, 11) is 0. The van der Waals surface area contributed by atoms with E-state index in [0.29, 0.717) is 12.2 Å². The molecule has 0 fully saturated rings. The molecule has 110 valence electrons. The molecule has 0 spiro atoms. The van der Waals surface area contributed by atoms with E-state index in [1.807, 2.05) is 36.4 Å². The Morgan fingerprint density at radius 1 is 1.29 bits per heavy atom. The Hall–Kier alpha value is -1.92. The first kappa shape index (κ1) is 15.5. The van der Waals surface area contributed by atoms with Gasteiger partial charge in [-0.15, -0.1) is 0 Å². The number of halogens is 1. The monoisotopic (exact) mass is 348 g/mol. The topological polar surface area (TPSA) is 80.0 Å². The zero-order valence-electron chi connectivity index (χ0n) is 11.6. The van der Waals surface area contributed by atoms with Crippen LogP contribution in [0.3, 0.4) is 0 Å². The first-order chi connectivity index (χ1) is 10.0. The average molecular weight is 349 g/mol. The van der Waals surface area contributed by atoms with Crippen LogP contribution in [0.15, 0.2) is 47.1 Å². The molecule has 0 saturated heterocycles. The maximum atomic E-state index is 10.8. The number of benzene rings is 1. The molecule has 0 aliphatic carbocycles. The van der Waals surface area contributed by atoms with E-state index >= 15 is 0 Å². The second kappa shape index (κ2) is 7.19. The van der Waals surface area contributed by atoms with Gasteiger partial charge < -0.3 is 16.4 Å². The molecule has 2 rings (SSSR count). The summed E-state index contributed by atoms with van der Waals surface area (Å²) >= 11 is 3.36. The molecule has 2 amide bonds. The maximum Gasteiger partial charge on any atom is 0.316 e.